The van der Waals surface area contributed by atoms with Crippen molar-refractivity contribution in [2.75, 3.05) is 18.1 Å². The van der Waals surface area contributed by atoms with Crippen LogP contribution in [0.2, 0.25) is 0 Å². The topological polar surface area (TPSA) is 192 Å². The highest BCUT2D eigenvalue weighted by molar-refractivity contribution is 8.00. The molecule has 16 heteroatoms. The first-order valence-corrected chi connectivity index (χ1v) is 12.4. The molecular weight excluding hydrogens is 526 g/mol. The average molecular weight is 546 g/mol. The number of nitrogens with one attached hydrogen (secondary N) is 1. The second-order valence-corrected chi connectivity index (χ2v) is 9.39. The van der Waals surface area contributed by atoms with Crippen LogP contribution in [0.4, 0.5) is 10.8 Å². The van der Waals surface area contributed by atoms with E-state index in [-0.39, 0.29) is 41.3 Å². The van der Waals surface area contributed by atoms with Crippen molar-refractivity contribution >= 4 is 57.6 Å². The molecule has 2 aliphatic rings. The lowest BCUT2D eigenvalue weighted by Crippen LogP contribution is -2.70. The molecule has 2 aromatic rings. The molecule has 1 unspecified atom stereocenters. The number of benzene rings is 1. The average Bonchev–Trinajstić information content (AvgIpc) is 3.33. The van der Waals surface area contributed by atoms with Crippen molar-refractivity contribution in [2.45, 2.75) is 18.0 Å². The number of carbonyl (C=O) groups is 3. The third-order valence-corrected chi connectivity index (χ3v) is 6.80. The molecule has 3 heterocycles. The quantitative estimate of drug-likeness (QED) is 0.0821. The molecular formula is C21H19N7O7S2. The molecule has 0 radical (unpaired) electrons. The number of nitro groups is 1. The number of fused-ring (bicyclic) bond motifs is 1. The van der Waals surface area contributed by atoms with Gasteiger partial charge in [0.05, 0.1) is 4.92 Å². The number of β-lactam (4-membered cyclic amide) rings is 1. The number of carbonyl (C=O) groups excluding carboxylic acids is 3. The molecule has 37 heavy (non-hydrogen) atoms. The predicted octanol–water partition coefficient (Wildman–Crippen LogP) is 0.962. The number of nitrogens with zero attached hydrogens (tertiary/aromatic N) is 5. The number of hydrogen-bond acceptors (Lipinski definition) is 13. The fourth-order valence-electron chi connectivity index (χ4n) is 3.35. The van der Waals surface area contributed by atoms with Gasteiger partial charge in [-0.2, -0.15) is 9.36 Å². The second-order valence-electron chi connectivity index (χ2n) is 7.45. The standard InChI is InChI=1S/C21H19N7O7S2/c1-2-8-35-25-14(16-24-21(22)37-26-16)17(29)23-15-18(30)27-13(7-9-36-19(15)27)20(31)34-10-11-3-5-12(6-4-11)28(32)33/h2-7,15,19H,1,8-10H2,(H,23,29)(H2,22,24,26)/t15?,19-/m0/s1. The van der Waals surface area contributed by atoms with Crippen LogP contribution in [0.3, 0.4) is 0 Å². The monoisotopic (exact) mass is 545 g/mol. The molecule has 0 spiro atoms. The van der Waals surface area contributed by atoms with Crippen molar-refractivity contribution < 1.29 is 28.9 Å². The summed E-state index contributed by atoms with van der Waals surface area (Å²) in [5.74, 6) is -1.65. The first-order chi connectivity index (χ1) is 17.8. The molecule has 14 nitrogen and oxygen atoms in total. The smallest absolute Gasteiger partial charge is 0.355 e. The van der Waals surface area contributed by atoms with E-state index in [0.717, 1.165) is 11.5 Å². The minimum atomic E-state index is -0.941. The zero-order valence-electron chi connectivity index (χ0n) is 18.9. The van der Waals surface area contributed by atoms with Crippen LogP contribution in [0.25, 0.3) is 0 Å². The summed E-state index contributed by atoms with van der Waals surface area (Å²) in [6.45, 7) is 3.39. The summed E-state index contributed by atoms with van der Waals surface area (Å²) in [6, 6.07) is 4.61. The van der Waals surface area contributed by atoms with Crippen molar-refractivity contribution in [2.24, 2.45) is 5.16 Å². The van der Waals surface area contributed by atoms with E-state index in [1.807, 2.05) is 0 Å². The molecule has 1 saturated heterocycles. The molecule has 2 aliphatic heterocycles. The maximum Gasteiger partial charge on any atom is 0.355 e. The number of oxime groups is 1. The number of anilines is 1. The number of nitrogens with two attached hydrogens (primary N) is 1. The van der Waals surface area contributed by atoms with E-state index in [9.17, 15) is 24.5 Å². The lowest BCUT2D eigenvalue weighted by molar-refractivity contribution is -0.384. The van der Waals surface area contributed by atoms with Crippen LogP contribution in [0.1, 0.15) is 11.4 Å². The van der Waals surface area contributed by atoms with Gasteiger partial charge in [-0.25, -0.2) is 4.79 Å². The van der Waals surface area contributed by atoms with Crippen LogP contribution in [0.15, 0.2) is 53.8 Å². The van der Waals surface area contributed by atoms with Gasteiger partial charge in [0.15, 0.2) is 5.13 Å². The van der Waals surface area contributed by atoms with E-state index in [4.69, 9.17) is 15.3 Å². The van der Waals surface area contributed by atoms with Gasteiger partial charge in [-0.1, -0.05) is 17.8 Å². The lowest BCUT2D eigenvalue weighted by atomic mass is 10.0. The molecule has 4 rings (SSSR count). The van der Waals surface area contributed by atoms with Gasteiger partial charge in [0.25, 0.3) is 17.5 Å². The van der Waals surface area contributed by atoms with E-state index in [0.29, 0.717) is 11.3 Å². The molecule has 2 atom stereocenters. The summed E-state index contributed by atoms with van der Waals surface area (Å²) >= 11 is 2.22. The summed E-state index contributed by atoms with van der Waals surface area (Å²) in [4.78, 5) is 59.0. The van der Waals surface area contributed by atoms with Gasteiger partial charge in [0, 0.05) is 29.4 Å². The number of non-ortho nitro benzene ring substituents is 1. The molecule has 0 saturated carbocycles. The molecule has 1 aromatic carbocycles. The Balaban J connectivity index is 1.39. The van der Waals surface area contributed by atoms with Gasteiger partial charge in [-0.05, 0) is 23.8 Å². The molecule has 1 fully saturated rings. The first-order valence-electron chi connectivity index (χ1n) is 10.6. The molecule has 0 bridgehead atoms. The summed E-state index contributed by atoms with van der Waals surface area (Å²) in [5.41, 5.74) is 5.85. The van der Waals surface area contributed by atoms with Crippen molar-refractivity contribution in [3.05, 3.63) is 70.2 Å². The number of ether oxygens (including phenoxy) is 1. The number of amides is 2. The van der Waals surface area contributed by atoms with Crippen LogP contribution in [-0.4, -0.2) is 66.5 Å². The fourth-order valence-corrected chi connectivity index (χ4v) is 4.97. The van der Waals surface area contributed by atoms with Crippen LogP contribution in [0.5, 0.6) is 0 Å². The second kappa shape index (κ2) is 11.2. The van der Waals surface area contributed by atoms with E-state index in [1.54, 1.807) is 6.08 Å². The Bertz CT molecular complexity index is 1310. The molecule has 1 aromatic heterocycles. The van der Waals surface area contributed by atoms with Gasteiger partial charge in [-0.15, -0.1) is 11.8 Å². The lowest BCUT2D eigenvalue weighted by Gasteiger charge is -2.48. The number of hydrogen-bond donors (Lipinski definition) is 2. The van der Waals surface area contributed by atoms with Crippen molar-refractivity contribution in [1.82, 2.24) is 19.6 Å². The number of nitrogen functional groups attached to an aromatic ring is 1. The van der Waals surface area contributed by atoms with Crippen LogP contribution < -0.4 is 11.1 Å². The van der Waals surface area contributed by atoms with Crippen molar-refractivity contribution in [3.8, 4) is 0 Å². The first kappa shape index (κ1) is 25.8. The molecule has 2 amide bonds. The highest BCUT2D eigenvalue weighted by atomic mass is 32.2. The zero-order valence-corrected chi connectivity index (χ0v) is 20.6. The maximum atomic E-state index is 12.9. The molecule has 192 valence electrons. The number of thioether (sulfide) groups is 1. The number of rotatable bonds is 10. The van der Waals surface area contributed by atoms with Crippen LogP contribution in [0, 0.1) is 10.1 Å². The maximum absolute atomic E-state index is 12.9. The predicted molar refractivity (Wildman–Crippen MR) is 133 cm³/mol. The SMILES string of the molecule is C=CCON=C(C(=O)NC1C(=O)N2C(C(=O)OCc3ccc([N+](=O)[O-])cc3)=CCS[C@@H]12)c1nsc(N)n1. The Labute approximate surface area is 217 Å². The third kappa shape index (κ3) is 5.59. The normalized spacial score (nSPS) is 18.7. The largest absolute Gasteiger partial charge is 0.456 e. The van der Waals surface area contributed by atoms with Gasteiger partial charge in [-0.3, -0.25) is 24.6 Å². The van der Waals surface area contributed by atoms with Gasteiger partial charge >= 0.3 is 5.97 Å². The Morgan fingerprint density at radius 2 is 2.14 bits per heavy atom. The van der Waals surface area contributed by atoms with Gasteiger partial charge < -0.3 is 20.6 Å². The number of nitro benzene ring substituents is 1. The van der Waals surface area contributed by atoms with Gasteiger partial charge in [0.1, 0.15) is 30.3 Å². The molecule has 0 aliphatic carbocycles. The molecule has 3 N–H and O–H groups in total. The Morgan fingerprint density at radius 3 is 2.78 bits per heavy atom. The highest BCUT2D eigenvalue weighted by Gasteiger charge is 2.53. The van der Waals surface area contributed by atoms with Gasteiger partial charge in [0.2, 0.25) is 11.5 Å². The van der Waals surface area contributed by atoms with E-state index in [2.05, 4.69) is 26.4 Å². The minimum absolute atomic E-state index is 0.0289. The Hall–Kier alpha value is -4.31. The summed E-state index contributed by atoms with van der Waals surface area (Å²) in [6.07, 6.45) is 3.00. The third-order valence-electron chi connectivity index (χ3n) is 5.08. The zero-order chi connectivity index (χ0) is 26.5. The minimum Gasteiger partial charge on any atom is -0.456 e. The van der Waals surface area contributed by atoms with E-state index < -0.39 is 34.1 Å². The van der Waals surface area contributed by atoms with E-state index >= 15 is 0 Å². The van der Waals surface area contributed by atoms with Crippen LogP contribution in [-0.2, 0) is 30.6 Å². The number of aromatic nitrogens is 2. The summed E-state index contributed by atoms with van der Waals surface area (Å²) in [7, 11) is 0. The fraction of sp³-hybridized carbons (Fsp3) is 0.238. The van der Waals surface area contributed by atoms with Crippen molar-refractivity contribution in [1.29, 1.82) is 0 Å². The van der Waals surface area contributed by atoms with E-state index in [1.165, 1.54) is 47.0 Å². The van der Waals surface area contributed by atoms with Crippen molar-refractivity contribution in [3.63, 3.8) is 0 Å². The Kier molecular flexibility index (Phi) is 7.78. The number of esters is 1. The summed E-state index contributed by atoms with van der Waals surface area (Å²) < 4.78 is 9.27. The Morgan fingerprint density at radius 1 is 1.38 bits per heavy atom. The van der Waals surface area contributed by atoms with Crippen LogP contribution >= 0.6 is 23.3 Å². The highest BCUT2D eigenvalue weighted by Crippen LogP contribution is 2.38. The summed E-state index contributed by atoms with van der Waals surface area (Å²) in [5, 5.41) is 16.7.